The van der Waals surface area contributed by atoms with E-state index in [-0.39, 0.29) is 5.38 Å². The molecule has 0 N–H and O–H groups in total. The minimum Gasteiger partial charge on any atom is -0.309 e. The topological polar surface area (TPSA) is 30.7 Å². The summed E-state index contributed by atoms with van der Waals surface area (Å²) in [6.07, 6.45) is 2.82. The van der Waals surface area contributed by atoms with Crippen LogP contribution in [-0.2, 0) is 0 Å². The van der Waals surface area contributed by atoms with E-state index in [1.54, 1.807) is 6.20 Å². The number of imidazole rings is 1. The summed E-state index contributed by atoms with van der Waals surface area (Å²) in [5.41, 5.74) is 1.80. The van der Waals surface area contributed by atoms with Crippen molar-refractivity contribution in [2.45, 2.75) is 38.6 Å². The van der Waals surface area contributed by atoms with Crippen molar-refractivity contribution in [2.75, 3.05) is 0 Å². The number of nitrogens with zero attached hydrogens (tertiary/aromatic N) is 3. The molecule has 0 amide bonds. The van der Waals surface area contributed by atoms with Gasteiger partial charge in [0.2, 0.25) is 0 Å². The molecule has 92 valence electrons. The minimum atomic E-state index is -0.114. The lowest BCUT2D eigenvalue weighted by molar-refractivity contribution is 0.519. The zero-order valence-corrected chi connectivity index (χ0v) is 12.5. The molecule has 5 heteroatoms. The van der Waals surface area contributed by atoms with E-state index in [0.717, 1.165) is 27.9 Å². The van der Waals surface area contributed by atoms with Crippen molar-refractivity contribution < 1.29 is 0 Å². The normalized spacial score (nSPS) is 15.1. The first-order chi connectivity index (χ1) is 8.04. The molecule has 0 aliphatic carbocycles. The zero-order chi connectivity index (χ0) is 12.6. The molecule has 0 aliphatic rings. The van der Waals surface area contributed by atoms with Gasteiger partial charge in [-0.05, 0) is 42.3 Å². The third-order valence-electron chi connectivity index (χ3n) is 2.91. The molecule has 0 saturated carbocycles. The van der Waals surface area contributed by atoms with Gasteiger partial charge in [0.15, 0.2) is 5.65 Å². The molecule has 0 aromatic carbocycles. The van der Waals surface area contributed by atoms with Gasteiger partial charge in [-0.15, -0.1) is 11.6 Å². The fraction of sp³-hybridized carbons (Fsp3) is 0.500. The highest BCUT2D eigenvalue weighted by Gasteiger charge is 2.19. The molecule has 0 aliphatic heterocycles. The summed E-state index contributed by atoms with van der Waals surface area (Å²) >= 11 is 9.61. The van der Waals surface area contributed by atoms with Gasteiger partial charge in [-0.1, -0.05) is 6.92 Å². The molecule has 0 bridgehead atoms. The van der Waals surface area contributed by atoms with Crippen molar-refractivity contribution in [3.63, 3.8) is 0 Å². The van der Waals surface area contributed by atoms with E-state index >= 15 is 0 Å². The van der Waals surface area contributed by atoms with E-state index in [1.165, 1.54) is 0 Å². The Hall–Kier alpha value is -0.610. The highest BCUT2D eigenvalue weighted by molar-refractivity contribution is 9.10. The molecule has 2 heterocycles. The molecule has 2 unspecified atom stereocenters. The smallest absolute Gasteiger partial charge is 0.160 e. The van der Waals surface area contributed by atoms with Crippen LogP contribution >= 0.6 is 27.5 Å². The first-order valence-electron chi connectivity index (χ1n) is 5.72. The van der Waals surface area contributed by atoms with Gasteiger partial charge in [0, 0.05) is 16.7 Å². The highest BCUT2D eigenvalue weighted by Crippen LogP contribution is 2.29. The zero-order valence-electron chi connectivity index (χ0n) is 10.1. The number of halogens is 2. The fourth-order valence-electron chi connectivity index (χ4n) is 1.87. The summed E-state index contributed by atoms with van der Waals surface area (Å²) in [7, 11) is 0. The molecular weight excluding hydrogens is 302 g/mol. The van der Waals surface area contributed by atoms with E-state index in [1.807, 2.05) is 13.0 Å². The summed E-state index contributed by atoms with van der Waals surface area (Å²) in [5, 5.41) is -0.114. The maximum Gasteiger partial charge on any atom is 0.160 e. The van der Waals surface area contributed by atoms with Crippen LogP contribution in [0.4, 0.5) is 0 Å². The SMILES string of the molecule is CCC(C)n1c(C(C)Cl)nc2cc(Br)cnc21. The Morgan fingerprint density at radius 3 is 2.76 bits per heavy atom. The summed E-state index contributed by atoms with van der Waals surface area (Å²) < 4.78 is 3.08. The Kier molecular flexibility index (Phi) is 3.73. The number of alkyl halides is 1. The maximum absolute atomic E-state index is 6.20. The first kappa shape index (κ1) is 12.8. The quantitative estimate of drug-likeness (QED) is 0.782. The van der Waals surface area contributed by atoms with Crippen molar-refractivity contribution >= 4 is 38.7 Å². The van der Waals surface area contributed by atoms with Gasteiger partial charge >= 0.3 is 0 Å². The number of fused-ring (bicyclic) bond motifs is 1. The van der Waals surface area contributed by atoms with E-state index in [2.05, 4.69) is 44.3 Å². The van der Waals surface area contributed by atoms with Gasteiger partial charge in [0.25, 0.3) is 0 Å². The van der Waals surface area contributed by atoms with Crippen molar-refractivity contribution in [3.05, 3.63) is 22.6 Å². The Morgan fingerprint density at radius 2 is 2.18 bits per heavy atom. The van der Waals surface area contributed by atoms with Crippen LogP contribution in [0.25, 0.3) is 11.2 Å². The second-order valence-electron chi connectivity index (χ2n) is 4.21. The number of hydrogen-bond donors (Lipinski definition) is 0. The molecule has 0 spiro atoms. The lowest BCUT2D eigenvalue weighted by Gasteiger charge is -2.16. The lowest BCUT2D eigenvalue weighted by atomic mass is 10.2. The van der Waals surface area contributed by atoms with Crippen molar-refractivity contribution in [1.82, 2.24) is 14.5 Å². The van der Waals surface area contributed by atoms with Gasteiger partial charge in [0.05, 0.1) is 5.38 Å². The molecule has 2 rings (SSSR count). The van der Waals surface area contributed by atoms with E-state index in [0.29, 0.717) is 6.04 Å². The third kappa shape index (κ3) is 2.33. The number of pyridine rings is 1. The number of aromatic nitrogens is 3. The van der Waals surface area contributed by atoms with Crippen LogP contribution in [0.2, 0.25) is 0 Å². The molecule has 2 aromatic rings. The van der Waals surface area contributed by atoms with Gasteiger partial charge in [-0.3, -0.25) is 0 Å². The van der Waals surface area contributed by atoms with Crippen LogP contribution in [0, 0.1) is 0 Å². The Labute approximate surface area is 114 Å². The molecule has 2 atom stereocenters. The van der Waals surface area contributed by atoms with Gasteiger partial charge in [-0.2, -0.15) is 0 Å². The average Bonchev–Trinajstić information content (AvgIpc) is 2.66. The molecule has 2 aromatic heterocycles. The van der Waals surface area contributed by atoms with Crippen molar-refractivity contribution in [2.24, 2.45) is 0 Å². The van der Waals surface area contributed by atoms with Crippen LogP contribution in [0.15, 0.2) is 16.7 Å². The highest BCUT2D eigenvalue weighted by atomic mass is 79.9. The molecule has 3 nitrogen and oxygen atoms in total. The van der Waals surface area contributed by atoms with Crippen LogP contribution in [-0.4, -0.2) is 14.5 Å². The molecule has 17 heavy (non-hydrogen) atoms. The summed E-state index contributed by atoms with van der Waals surface area (Å²) in [5.74, 6) is 0.890. The Balaban J connectivity index is 2.71. The van der Waals surface area contributed by atoms with Gasteiger partial charge in [0.1, 0.15) is 11.3 Å². The predicted octanol–water partition coefficient (Wildman–Crippen LogP) is 4.46. The summed E-state index contributed by atoms with van der Waals surface area (Å²) in [6.45, 7) is 6.25. The van der Waals surface area contributed by atoms with Crippen LogP contribution in [0.1, 0.15) is 44.4 Å². The van der Waals surface area contributed by atoms with Gasteiger partial charge < -0.3 is 4.57 Å². The fourth-order valence-corrected chi connectivity index (χ4v) is 2.35. The second-order valence-corrected chi connectivity index (χ2v) is 5.78. The van der Waals surface area contributed by atoms with Crippen LogP contribution < -0.4 is 0 Å². The molecule has 0 radical (unpaired) electrons. The van der Waals surface area contributed by atoms with Crippen molar-refractivity contribution in [1.29, 1.82) is 0 Å². The molecule has 0 fully saturated rings. The lowest BCUT2D eigenvalue weighted by Crippen LogP contribution is -2.09. The molecule has 0 saturated heterocycles. The third-order valence-corrected chi connectivity index (χ3v) is 3.54. The number of hydrogen-bond acceptors (Lipinski definition) is 2. The average molecular weight is 317 g/mol. The Morgan fingerprint density at radius 1 is 1.47 bits per heavy atom. The van der Waals surface area contributed by atoms with Crippen molar-refractivity contribution in [3.8, 4) is 0 Å². The van der Waals surface area contributed by atoms with Gasteiger partial charge in [-0.25, -0.2) is 9.97 Å². The summed E-state index contributed by atoms with van der Waals surface area (Å²) in [4.78, 5) is 9.03. The Bertz CT molecular complexity index is 536. The minimum absolute atomic E-state index is 0.114. The number of rotatable bonds is 3. The van der Waals surface area contributed by atoms with E-state index in [4.69, 9.17) is 11.6 Å². The van der Waals surface area contributed by atoms with Crippen LogP contribution in [0.5, 0.6) is 0 Å². The van der Waals surface area contributed by atoms with Crippen LogP contribution in [0.3, 0.4) is 0 Å². The largest absolute Gasteiger partial charge is 0.309 e. The molecular formula is C12H15BrClN3. The predicted molar refractivity (Wildman–Crippen MR) is 74.5 cm³/mol. The summed E-state index contributed by atoms with van der Waals surface area (Å²) in [6, 6.07) is 2.33. The maximum atomic E-state index is 6.20. The monoisotopic (exact) mass is 315 g/mol. The first-order valence-corrected chi connectivity index (χ1v) is 6.95. The van der Waals surface area contributed by atoms with E-state index < -0.39 is 0 Å². The standard InChI is InChI=1S/C12H15BrClN3/c1-4-7(2)17-11(8(3)14)16-10-5-9(13)6-15-12(10)17/h5-8H,4H2,1-3H3. The second kappa shape index (κ2) is 4.94. The van der Waals surface area contributed by atoms with E-state index in [9.17, 15) is 0 Å².